The van der Waals surface area contributed by atoms with Gasteiger partial charge in [0.25, 0.3) is 0 Å². The molecule has 0 saturated carbocycles. The van der Waals surface area contributed by atoms with Crippen LogP contribution in [0.1, 0.15) is 94.5 Å². The first-order chi connectivity index (χ1) is 47.6. The summed E-state index contributed by atoms with van der Waals surface area (Å²) in [6.45, 7) is 9.57. The Balaban J connectivity index is 0.605. The second kappa shape index (κ2) is 20.5. The third kappa shape index (κ3) is 7.99. The monoisotopic (exact) mass is 1240 g/mol. The molecule has 16 aromatic rings. The van der Waals surface area contributed by atoms with E-state index < -0.39 is 5.41 Å². The van der Waals surface area contributed by atoms with E-state index in [1.807, 2.05) is 24.5 Å². The minimum atomic E-state index is -0.495. The summed E-state index contributed by atoms with van der Waals surface area (Å²) < 4.78 is 4.56. The second-order valence-corrected chi connectivity index (χ2v) is 28.0. The Morgan fingerprint density at radius 2 is 0.557 bits per heavy atom. The summed E-state index contributed by atoms with van der Waals surface area (Å²) in [6.07, 6.45) is 13.0. The van der Waals surface area contributed by atoms with E-state index in [0.29, 0.717) is 0 Å². The van der Waals surface area contributed by atoms with Gasteiger partial charge in [-0.25, -0.2) is 9.97 Å². The molecular weight excluding hydrogens is 1170 g/mol. The zero-order chi connectivity index (χ0) is 64.5. The first-order valence-corrected chi connectivity index (χ1v) is 33.9. The summed E-state index contributed by atoms with van der Waals surface area (Å²) in [6, 6.07) is 104. The molecule has 0 atom stereocenters. The fraction of sp³-hybridized carbons (Fsp3) is 0.0753. The van der Waals surface area contributed by atoms with Crippen LogP contribution in [0.3, 0.4) is 0 Å². The lowest BCUT2D eigenvalue weighted by Crippen LogP contribution is -2.26. The summed E-state index contributed by atoms with van der Waals surface area (Å²) in [5, 5.41) is 4.91. The van der Waals surface area contributed by atoms with Crippen molar-refractivity contribution >= 4 is 67.9 Å². The van der Waals surface area contributed by atoms with Crippen molar-refractivity contribution in [3.05, 3.63) is 358 Å². The van der Waals surface area contributed by atoms with Gasteiger partial charge in [-0.3, -0.25) is 9.13 Å². The highest BCUT2D eigenvalue weighted by Gasteiger charge is 2.52. The van der Waals surface area contributed by atoms with Crippen LogP contribution in [0.4, 0.5) is 0 Å². The molecule has 0 radical (unpaired) electrons. The van der Waals surface area contributed by atoms with E-state index in [0.717, 1.165) is 33.7 Å². The molecule has 456 valence electrons. The van der Waals surface area contributed by atoms with Crippen LogP contribution < -0.4 is 0 Å². The second-order valence-electron chi connectivity index (χ2n) is 28.0. The Hall–Kier alpha value is -12.0. The van der Waals surface area contributed by atoms with Crippen LogP contribution in [0.2, 0.25) is 0 Å². The van der Waals surface area contributed by atoms with Crippen molar-refractivity contribution in [1.29, 1.82) is 0 Å². The highest BCUT2D eigenvalue weighted by atomic mass is 15.1. The Labute approximate surface area is 564 Å². The first kappa shape index (κ1) is 55.5. The van der Waals surface area contributed by atoms with Gasteiger partial charge in [-0.05, 0) is 218 Å². The van der Waals surface area contributed by atoms with Gasteiger partial charge in [0, 0.05) is 44.8 Å². The molecule has 4 heteroatoms. The molecule has 1 spiro atoms. The maximum absolute atomic E-state index is 4.76. The van der Waals surface area contributed by atoms with E-state index in [2.05, 4.69) is 328 Å². The standard InChI is InChI=1S/C93H64N4/c1-91(2)79-49-57(31-39-67(79)69-43-35-63(55-81(69)91)61-37-45-87-75(53-61)73-19-7-11-23-85(73)96(87)89-25-13-15-47-94-89)27-29-59-33-41-71-72-42-34-60(52-84(72)93(83(71)51-59)77-21-9-5-17-65(77)66-18-6-10-22-78(66)93)30-28-58-32-40-68-70-44-36-64(56-82(70)92(3,4)80(68)50-58)62-38-46-88-76(54-62)74-20-8-12-24-86(74)97(88)90-26-14-16-48-95-90/h5-56H,1-4H3. The molecule has 0 aliphatic heterocycles. The summed E-state index contributed by atoms with van der Waals surface area (Å²) in [5.41, 5.74) is 34.6. The van der Waals surface area contributed by atoms with Crippen LogP contribution in [0.15, 0.2) is 291 Å². The van der Waals surface area contributed by atoms with Crippen molar-refractivity contribution in [2.75, 3.05) is 0 Å². The highest BCUT2D eigenvalue weighted by molar-refractivity contribution is 6.12. The minimum Gasteiger partial charge on any atom is -0.294 e. The van der Waals surface area contributed by atoms with Crippen molar-refractivity contribution in [3.8, 4) is 78.4 Å². The Morgan fingerprint density at radius 3 is 0.969 bits per heavy atom. The van der Waals surface area contributed by atoms with Crippen LogP contribution in [-0.4, -0.2) is 19.1 Å². The van der Waals surface area contributed by atoms with Crippen LogP contribution >= 0.6 is 0 Å². The quantitative estimate of drug-likeness (QED) is 0.142. The van der Waals surface area contributed by atoms with Gasteiger partial charge in [0.1, 0.15) is 11.6 Å². The summed E-state index contributed by atoms with van der Waals surface area (Å²) >= 11 is 0. The Bertz CT molecular complexity index is 5750. The van der Waals surface area contributed by atoms with Crippen molar-refractivity contribution < 1.29 is 0 Å². The van der Waals surface area contributed by atoms with E-state index in [9.17, 15) is 0 Å². The molecule has 4 heterocycles. The van der Waals surface area contributed by atoms with Crippen LogP contribution in [0.5, 0.6) is 0 Å². The summed E-state index contributed by atoms with van der Waals surface area (Å²) in [4.78, 5) is 9.51. The first-order valence-electron chi connectivity index (χ1n) is 33.9. The van der Waals surface area contributed by atoms with E-state index in [1.165, 1.54) is 155 Å². The van der Waals surface area contributed by atoms with E-state index >= 15 is 0 Å². The average molecular weight is 1240 g/mol. The third-order valence-corrected chi connectivity index (χ3v) is 22.2. The van der Waals surface area contributed by atoms with Gasteiger partial charge in [-0.15, -0.1) is 0 Å². The normalized spacial score (nSPS) is 14.6. The molecule has 0 amide bonds. The van der Waals surface area contributed by atoms with Gasteiger partial charge in [-0.2, -0.15) is 0 Å². The molecule has 0 bridgehead atoms. The van der Waals surface area contributed by atoms with E-state index in [4.69, 9.17) is 9.97 Å². The molecule has 4 aliphatic rings. The predicted octanol–water partition coefficient (Wildman–Crippen LogP) is 23.3. The van der Waals surface area contributed by atoms with Crippen molar-refractivity contribution in [2.24, 2.45) is 0 Å². The lowest BCUT2D eigenvalue weighted by atomic mass is 9.70. The molecule has 0 fully saturated rings. The largest absolute Gasteiger partial charge is 0.294 e. The summed E-state index contributed by atoms with van der Waals surface area (Å²) in [7, 11) is 0. The van der Waals surface area contributed by atoms with Gasteiger partial charge >= 0.3 is 0 Å². The van der Waals surface area contributed by atoms with E-state index in [-0.39, 0.29) is 10.8 Å². The molecule has 0 unspecified atom stereocenters. The number of para-hydroxylation sites is 2. The number of hydrogen-bond acceptors (Lipinski definition) is 2. The third-order valence-electron chi connectivity index (χ3n) is 22.2. The number of fused-ring (bicyclic) bond motifs is 22. The Kier molecular flexibility index (Phi) is 11.7. The van der Waals surface area contributed by atoms with Crippen LogP contribution in [0.25, 0.3) is 146 Å². The van der Waals surface area contributed by atoms with Gasteiger partial charge in [0.2, 0.25) is 0 Å². The molecule has 4 aromatic heterocycles. The molecule has 12 aromatic carbocycles. The zero-order valence-electron chi connectivity index (χ0n) is 54.3. The van der Waals surface area contributed by atoms with Crippen LogP contribution in [0, 0.1) is 0 Å². The number of rotatable bonds is 8. The topological polar surface area (TPSA) is 35.6 Å². The molecule has 0 N–H and O–H groups in total. The van der Waals surface area contributed by atoms with Gasteiger partial charge < -0.3 is 0 Å². The predicted molar refractivity (Wildman–Crippen MR) is 404 cm³/mol. The van der Waals surface area contributed by atoms with Gasteiger partial charge in [0.05, 0.1) is 27.5 Å². The van der Waals surface area contributed by atoms with Crippen LogP contribution in [-0.2, 0) is 16.2 Å². The van der Waals surface area contributed by atoms with Gasteiger partial charge in [0.15, 0.2) is 0 Å². The molecular formula is C93H64N4. The number of benzene rings is 12. The minimum absolute atomic E-state index is 0.200. The lowest BCUT2D eigenvalue weighted by molar-refractivity contribution is 0.660. The fourth-order valence-corrected chi connectivity index (χ4v) is 17.6. The summed E-state index contributed by atoms with van der Waals surface area (Å²) in [5.74, 6) is 1.85. The maximum atomic E-state index is 4.76. The number of aromatic nitrogens is 4. The maximum Gasteiger partial charge on any atom is 0.137 e. The van der Waals surface area contributed by atoms with E-state index in [1.54, 1.807) is 0 Å². The number of hydrogen-bond donors (Lipinski definition) is 0. The molecule has 20 rings (SSSR count). The van der Waals surface area contributed by atoms with Crippen molar-refractivity contribution in [1.82, 2.24) is 19.1 Å². The highest BCUT2D eigenvalue weighted by Crippen LogP contribution is 2.63. The molecule has 0 saturated heterocycles. The number of nitrogens with zero attached hydrogens (tertiary/aromatic N) is 4. The lowest BCUT2D eigenvalue weighted by Gasteiger charge is -2.30. The zero-order valence-corrected chi connectivity index (χ0v) is 54.3. The van der Waals surface area contributed by atoms with Crippen molar-refractivity contribution in [2.45, 2.75) is 43.9 Å². The molecule has 4 nitrogen and oxygen atoms in total. The fourth-order valence-electron chi connectivity index (χ4n) is 17.6. The number of pyridine rings is 2. The smallest absolute Gasteiger partial charge is 0.137 e. The SMILES string of the molecule is CC1(C)c2cc(C=Cc3ccc4c(c3)C3(c5ccccc5-c5ccccc53)c3cc(C=Cc5ccc6c(c5)C(C)(C)c5cc(-c7ccc8c(c7)c7ccccc7n8-c7ccccn7)ccc5-6)ccc3-4)ccc2-c2ccc(-c3ccc4c(c3)c3ccccc3n4-c3ccccn3)cc21. The van der Waals surface area contributed by atoms with Crippen molar-refractivity contribution in [3.63, 3.8) is 0 Å². The average Bonchev–Trinajstić information content (AvgIpc) is 1.51. The molecule has 4 aliphatic carbocycles. The Morgan fingerprint density at radius 1 is 0.247 bits per heavy atom. The van der Waals surface area contributed by atoms with Gasteiger partial charge in [-0.1, -0.05) is 246 Å². The molecule has 97 heavy (non-hydrogen) atoms.